The minimum Gasteiger partial charge on any atom is -0.465 e. The maximum Gasteiger partial charge on any atom is 0.411 e. The predicted octanol–water partition coefficient (Wildman–Crippen LogP) is 2.05. The second-order valence-electron chi connectivity index (χ2n) is 3.44. The number of hydrogen-bond acceptors (Lipinski definition) is 4. The molecule has 0 saturated heterocycles. The fraction of sp³-hybridized carbons (Fsp3) is 0. The van der Waals surface area contributed by atoms with Gasteiger partial charge in [-0.3, -0.25) is 10.1 Å². The van der Waals surface area contributed by atoms with E-state index in [1.165, 1.54) is 6.20 Å². The van der Waals surface area contributed by atoms with Crippen molar-refractivity contribution < 1.29 is 14.7 Å². The Kier molecular flexibility index (Phi) is 3.29. The number of nitrogens with one attached hydrogen (secondary N) is 1. The zero-order valence-corrected chi connectivity index (χ0v) is 9.20. The van der Waals surface area contributed by atoms with E-state index < -0.39 is 6.09 Å². The van der Waals surface area contributed by atoms with Gasteiger partial charge in [0.1, 0.15) is 6.29 Å². The molecule has 2 N–H and O–H groups in total. The number of hydrogen-bond donors (Lipinski definition) is 2. The molecule has 0 fully saturated rings. The van der Waals surface area contributed by atoms with Gasteiger partial charge in [-0.1, -0.05) is 18.2 Å². The molecule has 0 saturated carbocycles. The van der Waals surface area contributed by atoms with E-state index in [-0.39, 0.29) is 5.95 Å². The van der Waals surface area contributed by atoms with Crippen LogP contribution >= 0.6 is 0 Å². The van der Waals surface area contributed by atoms with Gasteiger partial charge in [0.05, 0.1) is 5.69 Å². The lowest BCUT2D eigenvalue weighted by atomic mass is 10.1. The molecule has 1 aromatic heterocycles. The summed E-state index contributed by atoms with van der Waals surface area (Å²) in [6.07, 6.45) is 0.955. The second-order valence-corrected chi connectivity index (χ2v) is 3.44. The van der Waals surface area contributed by atoms with Crippen molar-refractivity contribution in [2.45, 2.75) is 0 Å². The summed E-state index contributed by atoms with van der Waals surface area (Å²) in [4.78, 5) is 29.0. The van der Waals surface area contributed by atoms with E-state index in [0.29, 0.717) is 11.3 Å². The third-order valence-corrected chi connectivity index (χ3v) is 2.19. The van der Waals surface area contributed by atoms with Gasteiger partial charge in [0, 0.05) is 17.3 Å². The number of amides is 1. The number of anilines is 1. The number of carboxylic acid groups (broad SMARTS) is 1. The lowest BCUT2D eigenvalue weighted by Crippen LogP contribution is -2.10. The Morgan fingerprint density at radius 3 is 2.89 bits per heavy atom. The molecule has 0 bridgehead atoms. The molecule has 0 aliphatic carbocycles. The van der Waals surface area contributed by atoms with Gasteiger partial charge in [-0.05, 0) is 12.1 Å². The van der Waals surface area contributed by atoms with Crippen molar-refractivity contribution in [2.75, 3.05) is 5.32 Å². The number of rotatable bonds is 3. The van der Waals surface area contributed by atoms with Crippen LogP contribution in [0.2, 0.25) is 0 Å². The molecule has 6 heteroatoms. The van der Waals surface area contributed by atoms with E-state index in [9.17, 15) is 9.59 Å². The van der Waals surface area contributed by atoms with Crippen molar-refractivity contribution in [1.82, 2.24) is 9.97 Å². The Bertz CT molecular complexity index is 599. The minimum absolute atomic E-state index is 0.00324. The monoisotopic (exact) mass is 243 g/mol. The lowest BCUT2D eigenvalue weighted by molar-refractivity contribution is 0.112. The van der Waals surface area contributed by atoms with E-state index in [2.05, 4.69) is 15.3 Å². The standard InChI is InChI=1S/C12H9N3O3/c16-7-8-2-1-3-9(6-8)10-4-5-13-11(14-10)15-12(17)18/h1-7H,(H,17,18)(H,13,14,15). The van der Waals surface area contributed by atoms with Gasteiger partial charge in [-0.25, -0.2) is 14.8 Å². The first-order valence-electron chi connectivity index (χ1n) is 5.07. The molecule has 90 valence electrons. The summed E-state index contributed by atoms with van der Waals surface area (Å²) in [5.41, 5.74) is 1.78. The van der Waals surface area contributed by atoms with Gasteiger partial charge >= 0.3 is 6.09 Å². The molecular formula is C12H9N3O3. The molecule has 0 unspecified atom stereocenters. The Balaban J connectivity index is 2.37. The van der Waals surface area contributed by atoms with E-state index in [0.717, 1.165) is 11.8 Å². The van der Waals surface area contributed by atoms with Crippen LogP contribution in [-0.2, 0) is 0 Å². The maximum absolute atomic E-state index is 10.7. The molecule has 1 amide bonds. The van der Waals surface area contributed by atoms with Crippen LogP contribution in [0.5, 0.6) is 0 Å². The summed E-state index contributed by atoms with van der Waals surface area (Å²) >= 11 is 0. The van der Waals surface area contributed by atoms with Crippen LogP contribution in [0.4, 0.5) is 10.7 Å². The average Bonchev–Trinajstić information content (AvgIpc) is 2.38. The smallest absolute Gasteiger partial charge is 0.411 e. The predicted molar refractivity (Wildman–Crippen MR) is 64.5 cm³/mol. The molecule has 0 aliphatic rings. The number of benzene rings is 1. The number of aldehydes is 1. The number of carbonyl (C=O) groups is 2. The zero-order valence-electron chi connectivity index (χ0n) is 9.20. The molecule has 18 heavy (non-hydrogen) atoms. The highest BCUT2D eigenvalue weighted by atomic mass is 16.4. The Hall–Kier alpha value is -2.76. The summed E-state index contributed by atoms with van der Waals surface area (Å²) in [5.74, 6) is -0.00324. The second kappa shape index (κ2) is 5.05. The van der Waals surface area contributed by atoms with Crippen LogP contribution in [0, 0.1) is 0 Å². The summed E-state index contributed by atoms with van der Waals surface area (Å²) in [6, 6.07) is 8.48. The van der Waals surface area contributed by atoms with Crippen LogP contribution in [0.1, 0.15) is 10.4 Å². The summed E-state index contributed by atoms with van der Waals surface area (Å²) in [7, 11) is 0. The maximum atomic E-state index is 10.7. The van der Waals surface area contributed by atoms with E-state index in [1.54, 1.807) is 30.3 Å². The fourth-order valence-corrected chi connectivity index (χ4v) is 1.45. The SMILES string of the molecule is O=Cc1cccc(-c2ccnc(NC(=O)O)n2)c1. The number of nitrogens with zero attached hydrogens (tertiary/aromatic N) is 2. The Labute approximate surface area is 102 Å². The summed E-state index contributed by atoms with van der Waals surface area (Å²) < 4.78 is 0. The van der Waals surface area contributed by atoms with Crippen LogP contribution in [0.25, 0.3) is 11.3 Å². The van der Waals surface area contributed by atoms with E-state index >= 15 is 0 Å². The van der Waals surface area contributed by atoms with Crippen LogP contribution in [0.3, 0.4) is 0 Å². The molecule has 2 aromatic rings. The van der Waals surface area contributed by atoms with Crippen molar-refractivity contribution in [3.8, 4) is 11.3 Å². The van der Waals surface area contributed by atoms with E-state index in [1.807, 2.05) is 0 Å². The van der Waals surface area contributed by atoms with Gasteiger partial charge in [0.25, 0.3) is 0 Å². The third-order valence-electron chi connectivity index (χ3n) is 2.19. The molecule has 1 heterocycles. The quantitative estimate of drug-likeness (QED) is 0.805. The largest absolute Gasteiger partial charge is 0.465 e. The Morgan fingerprint density at radius 1 is 1.33 bits per heavy atom. The molecule has 0 spiro atoms. The molecule has 0 aliphatic heterocycles. The summed E-state index contributed by atoms with van der Waals surface area (Å²) in [5, 5.41) is 10.6. The molecular weight excluding hydrogens is 234 g/mol. The van der Waals surface area contributed by atoms with Crippen molar-refractivity contribution in [3.63, 3.8) is 0 Å². The highest BCUT2D eigenvalue weighted by molar-refractivity contribution is 5.81. The molecule has 0 radical (unpaired) electrons. The zero-order chi connectivity index (χ0) is 13.0. The highest BCUT2D eigenvalue weighted by Gasteiger charge is 2.05. The van der Waals surface area contributed by atoms with Crippen LogP contribution in [-0.4, -0.2) is 27.5 Å². The van der Waals surface area contributed by atoms with Crippen LogP contribution in [0.15, 0.2) is 36.5 Å². The fourth-order valence-electron chi connectivity index (χ4n) is 1.45. The minimum atomic E-state index is -1.23. The van der Waals surface area contributed by atoms with Crippen molar-refractivity contribution in [3.05, 3.63) is 42.1 Å². The van der Waals surface area contributed by atoms with Gasteiger partial charge in [0.15, 0.2) is 0 Å². The highest BCUT2D eigenvalue weighted by Crippen LogP contribution is 2.18. The average molecular weight is 243 g/mol. The Morgan fingerprint density at radius 2 is 2.17 bits per heavy atom. The first kappa shape index (κ1) is 11.7. The normalized spacial score (nSPS) is 9.78. The molecule has 1 aromatic carbocycles. The molecule has 0 atom stereocenters. The van der Waals surface area contributed by atoms with Gasteiger partial charge in [-0.15, -0.1) is 0 Å². The van der Waals surface area contributed by atoms with Crippen LogP contribution < -0.4 is 5.32 Å². The van der Waals surface area contributed by atoms with Crippen molar-refractivity contribution in [1.29, 1.82) is 0 Å². The van der Waals surface area contributed by atoms with Gasteiger partial charge in [-0.2, -0.15) is 0 Å². The number of carbonyl (C=O) groups excluding carboxylic acids is 1. The van der Waals surface area contributed by atoms with Crippen molar-refractivity contribution in [2.24, 2.45) is 0 Å². The topological polar surface area (TPSA) is 92.2 Å². The van der Waals surface area contributed by atoms with Crippen molar-refractivity contribution >= 4 is 18.3 Å². The van der Waals surface area contributed by atoms with E-state index in [4.69, 9.17) is 5.11 Å². The lowest BCUT2D eigenvalue weighted by Gasteiger charge is -2.03. The molecule has 2 rings (SSSR count). The number of aromatic nitrogens is 2. The van der Waals surface area contributed by atoms with Gasteiger partial charge in [0.2, 0.25) is 5.95 Å². The van der Waals surface area contributed by atoms with Gasteiger partial charge < -0.3 is 5.11 Å². The first-order valence-corrected chi connectivity index (χ1v) is 5.07. The summed E-state index contributed by atoms with van der Waals surface area (Å²) in [6.45, 7) is 0. The first-order chi connectivity index (χ1) is 8.69. The third kappa shape index (κ3) is 2.67. The molecule has 6 nitrogen and oxygen atoms in total.